The van der Waals surface area contributed by atoms with Gasteiger partial charge in [-0.3, -0.25) is 4.79 Å². The fraction of sp³-hybridized carbons (Fsp3) is 0.538. The quantitative estimate of drug-likeness (QED) is 0.766. The minimum Gasteiger partial charge on any atom is -0.491 e. The summed E-state index contributed by atoms with van der Waals surface area (Å²) in [7, 11) is 1.40. The summed E-state index contributed by atoms with van der Waals surface area (Å²) in [5.41, 5.74) is 0.758. The number of nitrogens with zero attached hydrogens (tertiary/aromatic N) is 1. The third kappa shape index (κ3) is 2.12. The molecule has 0 amide bonds. The molecule has 0 bridgehead atoms. The lowest BCUT2D eigenvalue weighted by atomic mass is 9.82. The number of carbonyl (C=O) groups excluding carboxylic acids is 1. The molecule has 1 fully saturated rings. The van der Waals surface area contributed by atoms with Gasteiger partial charge in [0.25, 0.3) is 5.88 Å². The highest BCUT2D eigenvalue weighted by atomic mass is 16.5. The van der Waals surface area contributed by atoms with Gasteiger partial charge in [0.1, 0.15) is 6.04 Å². The molecule has 19 heavy (non-hydrogen) atoms. The first kappa shape index (κ1) is 12.2. The summed E-state index contributed by atoms with van der Waals surface area (Å²) >= 11 is 0. The first-order valence-corrected chi connectivity index (χ1v) is 6.36. The Morgan fingerprint density at radius 2 is 2.47 bits per heavy atom. The number of ether oxygens (including phenoxy) is 1. The molecular weight excluding hydrogens is 248 g/mol. The zero-order valence-electron chi connectivity index (χ0n) is 10.6. The number of aromatic hydroxyl groups is 1. The van der Waals surface area contributed by atoms with Crippen molar-refractivity contribution in [2.45, 2.75) is 18.9 Å². The predicted molar refractivity (Wildman–Crippen MR) is 66.3 cm³/mol. The molecule has 1 aliphatic heterocycles. The smallest absolute Gasteiger partial charge is 0.322 e. The molecule has 102 valence electrons. The van der Waals surface area contributed by atoms with E-state index in [2.05, 4.69) is 16.5 Å². The van der Waals surface area contributed by atoms with E-state index in [1.54, 1.807) is 0 Å². The van der Waals surface area contributed by atoms with Crippen molar-refractivity contribution < 1.29 is 19.2 Å². The van der Waals surface area contributed by atoms with Gasteiger partial charge in [0, 0.05) is 0 Å². The maximum Gasteiger partial charge on any atom is 0.322 e. The summed E-state index contributed by atoms with van der Waals surface area (Å²) in [4.78, 5) is 11.5. The van der Waals surface area contributed by atoms with Crippen LogP contribution in [0.2, 0.25) is 0 Å². The number of hydrogen-bond acceptors (Lipinski definition) is 6. The molecule has 0 saturated carbocycles. The highest BCUT2D eigenvalue weighted by Crippen LogP contribution is 2.35. The van der Waals surface area contributed by atoms with Gasteiger partial charge in [0.05, 0.1) is 12.7 Å². The van der Waals surface area contributed by atoms with Crippen LogP contribution in [0.15, 0.2) is 10.6 Å². The van der Waals surface area contributed by atoms with Gasteiger partial charge in [-0.05, 0) is 42.5 Å². The summed E-state index contributed by atoms with van der Waals surface area (Å²) in [6.07, 6.45) is 5.37. The van der Waals surface area contributed by atoms with E-state index in [1.165, 1.54) is 7.11 Å². The fourth-order valence-corrected chi connectivity index (χ4v) is 2.89. The minimum absolute atomic E-state index is 0.0279. The van der Waals surface area contributed by atoms with Gasteiger partial charge in [-0.15, -0.1) is 0 Å². The first-order chi connectivity index (χ1) is 9.19. The number of carbonyl (C=O) groups is 1. The second kappa shape index (κ2) is 4.70. The molecule has 3 rings (SSSR count). The van der Waals surface area contributed by atoms with Crippen molar-refractivity contribution in [2.75, 3.05) is 13.7 Å². The molecule has 3 atom stereocenters. The third-order valence-corrected chi connectivity index (χ3v) is 3.99. The van der Waals surface area contributed by atoms with E-state index < -0.39 is 0 Å². The number of methoxy groups -OCH3 is 1. The number of allylic oxidation sites excluding steroid dienone is 1. The van der Waals surface area contributed by atoms with Crippen LogP contribution in [0.3, 0.4) is 0 Å². The van der Waals surface area contributed by atoms with Crippen molar-refractivity contribution in [2.24, 2.45) is 11.8 Å². The average molecular weight is 264 g/mol. The molecule has 2 aliphatic rings. The standard InChI is InChI=1S/C13H16N2O4/c1-18-13(17)10-5-8(6-14-10)7-2-3-11-9(4-7)12(16)15-19-11/h2-3,7-8,10,14H,4-6H2,1H3,(H,15,16)/t7?,8-,10+/m1/s1. The topological polar surface area (TPSA) is 84.6 Å². The molecule has 1 saturated heterocycles. The van der Waals surface area contributed by atoms with Crippen LogP contribution >= 0.6 is 0 Å². The molecule has 2 N–H and O–H groups in total. The summed E-state index contributed by atoms with van der Waals surface area (Å²) in [6.45, 7) is 0.774. The van der Waals surface area contributed by atoms with Crippen LogP contribution in [0, 0.1) is 11.8 Å². The van der Waals surface area contributed by atoms with Gasteiger partial charge in [-0.2, -0.15) is 0 Å². The van der Waals surface area contributed by atoms with Crippen LogP contribution in [0.25, 0.3) is 6.08 Å². The van der Waals surface area contributed by atoms with Crippen LogP contribution in [0.4, 0.5) is 0 Å². The van der Waals surface area contributed by atoms with Crippen molar-refractivity contribution in [3.8, 4) is 5.88 Å². The lowest BCUT2D eigenvalue weighted by Gasteiger charge is -2.21. The summed E-state index contributed by atoms with van der Waals surface area (Å²) in [6, 6.07) is -0.221. The molecule has 2 heterocycles. The van der Waals surface area contributed by atoms with Crippen LogP contribution in [-0.4, -0.2) is 35.9 Å². The van der Waals surface area contributed by atoms with E-state index in [4.69, 9.17) is 9.26 Å². The van der Waals surface area contributed by atoms with E-state index in [1.807, 2.05) is 6.08 Å². The normalized spacial score (nSPS) is 29.2. The second-order valence-electron chi connectivity index (χ2n) is 5.06. The van der Waals surface area contributed by atoms with Crippen molar-refractivity contribution in [1.82, 2.24) is 10.5 Å². The molecule has 0 aromatic carbocycles. The highest BCUT2D eigenvalue weighted by molar-refractivity contribution is 5.76. The van der Waals surface area contributed by atoms with Crippen molar-refractivity contribution in [3.63, 3.8) is 0 Å². The number of aromatic nitrogens is 1. The minimum atomic E-state index is -0.221. The Morgan fingerprint density at radius 1 is 1.63 bits per heavy atom. The summed E-state index contributed by atoms with van der Waals surface area (Å²) in [5.74, 6) is 1.02. The maximum atomic E-state index is 11.5. The monoisotopic (exact) mass is 264 g/mol. The number of fused-ring (bicyclic) bond motifs is 1. The van der Waals surface area contributed by atoms with E-state index in [-0.39, 0.29) is 23.8 Å². The number of hydrogen-bond donors (Lipinski definition) is 2. The molecular formula is C13H16N2O4. The van der Waals surface area contributed by atoms with Crippen molar-refractivity contribution >= 4 is 12.0 Å². The molecule has 1 aliphatic carbocycles. The summed E-state index contributed by atoms with van der Waals surface area (Å²) < 4.78 is 9.75. The Balaban J connectivity index is 1.69. The average Bonchev–Trinajstić information content (AvgIpc) is 3.05. The Kier molecular flexibility index (Phi) is 3.02. The Morgan fingerprint density at radius 3 is 3.26 bits per heavy atom. The Labute approximate surface area is 110 Å². The fourth-order valence-electron chi connectivity index (χ4n) is 2.89. The van der Waals surface area contributed by atoms with Gasteiger partial charge in [0.2, 0.25) is 0 Å². The van der Waals surface area contributed by atoms with Crippen LogP contribution < -0.4 is 5.32 Å². The SMILES string of the molecule is COC(=O)[C@@H]1C[C@@H](C2C=Cc3onc(O)c3C2)CN1. The van der Waals surface area contributed by atoms with Crippen LogP contribution in [0.1, 0.15) is 17.7 Å². The van der Waals surface area contributed by atoms with E-state index in [0.717, 1.165) is 18.5 Å². The second-order valence-corrected chi connectivity index (χ2v) is 5.06. The van der Waals surface area contributed by atoms with Gasteiger partial charge in [0.15, 0.2) is 5.76 Å². The number of esters is 1. The predicted octanol–water partition coefficient (Wildman–Crippen LogP) is 0.717. The number of nitrogens with one attached hydrogen (secondary N) is 1. The van der Waals surface area contributed by atoms with E-state index in [9.17, 15) is 9.90 Å². The lowest BCUT2D eigenvalue weighted by Crippen LogP contribution is -2.31. The van der Waals surface area contributed by atoms with Gasteiger partial charge in [-0.1, -0.05) is 6.08 Å². The lowest BCUT2D eigenvalue weighted by molar-refractivity contribution is -0.142. The van der Waals surface area contributed by atoms with Gasteiger partial charge >= 0.3 is 5.97 Å². The largest absolute Gasteiger partial charge is 0.491 e. The molecule has 1 aromatic rings. The zero-order chi connectivity index (χ0) is 13.4. The Hall–Kier alpha value is -1.82. The molecule has 0 radical (unpaired) electrons. The van der Waals surface area contributed by atoms with E-state index in [0.29, 0.717) is 18.1 Å². The molecule has 1 aromatic heterocycles. The highest BCUT2D eigenvalue weighted by Gasteiger charge is 2.35. The first-order valence-electron chi connectivity index (χ1n) is 6.36. The summed E-state index contributed by atoms with van der Waals surface area (Å²) in [5, 5.41) is 16.3. The van der Waals surface area contributed by atoms with Gasteiger partial charge < -0.3 is 19.7 Å². The molecule has 1 unspecified atom stereocenters. The maximum absolute atomic E-state index is 11.5. The molecule has 6 heteroatoms. The van der Waals surface area contributed by atoms with Crippen molar-refractivity contribution in [1.29, 1.82) is 0 Å². The zero-order valence-corrected chi connectivity index (χ0v) is 10.6. The molecule has 6 nitrogen and oxygen atoms in total. The van der Waals surface area contributed by atoms with Crippen LogP contribution in [-0.2, 0) is 16.0 Å². The third-order valence-electron chi connectivity index (χ3n) is 3.99. The van der Waals surface area contributed by atoms with Gasteiger partial charge in [-0.25, -0.2) is 0 Å². The number of rotatable bonds is 2. The van der Waals surface area contributed by atoms with Crippen molar-refractivity contribution in [3.05, 3.63) is 17.4 Å². The molecule has 0 spiro atoms. The van der Waals surface area contributed by atoms with Crippen LogP contribution in [0.5, 0.6) is 5.88 Å². The Bertz CT molecular complexity index is 523. The van der Waals surface area contributed by atoms with E-state index >= 15 is 0 Å².